The zero-order chi connectivity index (χ0) is 16.1. The van der Waals surface area contributed by atoms with Gasteiger partial charge in [0.1, 0.15) is 5.69 Å². The van der Waals surface area contributed by atoms with E-state index < -0.39 is 5.60 Å². The third-order valence-electron chi connectivity index (χ3n) is 3.59. The number of aromatic nitrogens is 1. The first-order valence-electron chi connectivity index (χ1n) is 7.24. The van der Waals surface area contributed by atoms with Gasteiger partial charge < -0.3 is 4.57 Å². The highest BCUT2D eigenvalue weighted by atomic mass is 35.5. The van der Waals surface area contributed by atoms with Gasteiger partial charge in [-0.05, 0) is 45.0 Å². The highest BCUT2D eigenvalue weighted by Crippen LogP contribution is 2.32. The van der Waals surface area contributed by atoms with Gasteiger partial charge in [-0.25, -0.2) is 5.06 Å². The van der Waals surface area contributed by atoms with Crippen molar-refractivity contribution in [3.05, 3.63) is 47.6 Å². The Morgan fingerprint density at radius 3 is 2.73 bits per heavy atom. The minimum absolute atomic E-state index is 0.0336. The van der Waals surface area contributed by atoms with Crippen molar-refractivity contribution in [2.45, 2.75) is 32.4 Å². The highest BCUT2D eigenvalue weighted by Gasteiger charge is 2.34. The topological polar surface area (TPSA) is 34.5 Å². The molecule has 0 aliphatic carbocycles. The van der Waals surface area contributed by atoms with E-state index in [4.69, 9.17) is 16.4 Å². The molecule has 5 heteroatoms. The normalized spacial score (nSPS) is 18.6. The maximum absolute atomic E-state index is 12.7. The Kier molecular flexibility index (Phi) is 3.54. The maximum Gasteiger partial charge on any atom is 0.294 e. The van der Waals surface area contributed by atoms with Crippen LogP contribution < -0.4 is 0 Å². The van der Waals surface area contributed by atoms with Gasteiger partial charge >= 0.3 is 0 Å². The van der Waals surface area contributed by atoms with E-state index in [0.717, 1.165) is 10.9 Å². The Hall–Kier alpha value is -1.78. The van der Waals surface area contributed by atoms with Crippen LogP contribution in [-0.2, 0) is 4.84 Å². The first-order chi connectivity index (χ1) is 10.3. The Morgan fingerprint density at radius 1 is 1.36 bits per heavy atom. The third-order valence-corrected chi connectivity index (χ3v) is 3.82. The summed E-state index contributed by atoms with van der Waals surface area (Å²) in [5, 5.41) is 3.03. The van der Waals surface area contributed by atoms with Gasteiger partial charge in [0, 0.05) is 15.9 Å². The number of carbonyl (C=O) groups is 1. The number of benzene rings is 1. The van der Waals surface area contributed by atoms with Crippen molar-refractivity contribution < 1.29 is 9.63 Å². The van der Waals surface area contributed by atoms with Gasteiger partial charge in [0.2, 0.25) is 0 Å². The summed E-state index contributed by atoms with van der Waals surface area (Å²) in [6.45, 7) is 10.1. The number of halogens is 1. The fraction of sp³-hybridized carbons (Fsp3) is 0.353. The molecule has 4 nitrogen and oxygen atoms in total. The summed E-state index contributed by atoms with van der Waals surface area (Å²) >= 11 is 6.06. The molecule has 0 saturated heterocycles. The first-order valence-corrected chi connectivity index (χ1v) is 7.62. The molecule has 22 heavy (non-hydrogen) atoms. The zero-order valence-corrected chi connectivity index (χ0v) is 13.7. The molecule has 0 N–H and O–H groups in total. The molecule has 1 amide bonds. The van der Waals surface area contributed by atoms with Crippen molar-refractivity contribution in [3.8, 4) is 0 Å². The van der Waals surface area contributed by atoms with Gasteiger partial charge in [-0.15, -0.1) is 6.58 Å². The largest absolute Gasteiger partial charge is 0.328 e. The summed E-state index contributed by atoms with van der Waals surface area (Å²) in [5.41, 5.74) is 1.14. The number of fused-ring (bicyclic) bond motifs is 3. The molecule has 0 bridgehead atoms. The summed E-state index contributed by atoms with van der Waals surface area (Å²) in [7, 11) is 0. The van der Waals surface area contributed by atoms with Gasteiger partial charge in [-0.2, -0.15) is 0 Å². The predicted molar refractivity (Wildman–Crippen MR) is 88.1 cm³/mol. The second kappa shape index (κ2) is 5.14. The van der Waals surface area contributed by atoms with E-state index in [1.807, 2.05) is 55.7 Å². The van der Waals surface area contributed by atoms with Crippen LogP contribution in [0.4, 0.5) is 0 Å². The van der Waals surface area contributed by atoms with E-state index in [9.17, 15) is 4.79 Å². The Balaban J connectivity index is 2.12. The van der Waals surface area contributed by atoms with Crippen molar-refractivity contribution in [2.24, 2.45) is 0 Å². The minimum Gasteiger partial charge on any atom is -0.328 e. The molecule has 0 saturated carbocycles. The van der Waals surface area contributed by atoms with Crippen LogP contribution >= 0.6 is 11.6 Å². The van der Waals surface area contributed by atoms with Crippen molar-refractivity contribution in [1.29, 1.82) is 0 Å². The second-order valence-electron chi connectivity index (χ2n) is 6.48. The number of amides is 1. The van der Waals surface area contributed by atoms with Crippen molar-refractivity contribution >= 4 is 28.4 Å². The van der Waals surface area contributed by atoms with Gasteiger partial charge in [0.15, 0.2) is 0 Å². The van der Waals surface area contributed by atoms with Crippen LogP contribution in [0.2, 0.25) is 5.02 Å². The molecule has 1 aliphatic heterocycles. The number of rotatable bonds is 2. The van der Waals surface area contributed by atoms with E-state index in [1.165, 1.54) is 5.06 Å². The summed E-state index contributed by atoms with van der Waals surface area (Å²) < 4.78 is 2.00. The van der Waals surface area contributed by atoms with E-state index in [-0.39, 0.29) is 11.9 Å². The molecule has 0 radical (unpaired) electrons. The van der Waals surface area contributed by atoms with E-state index >= 15 is 0 Å². The quantitative estimate of drug-likeness (QED) is 0.777. The van der Waals surface area contributed by atoms with Crippen LogP contribution in [0.1, 0.15) is 37.3 Å². The summed E-state index contributed by atoms with van der Waals surface area (Å²) in [6, 6.07) is 7.46. The van der Waals surface area contributed by atoms with Crippen LogP contribution in [0.5, 0.6) is 0 Å². The number of hydroxylamine groups is 2. The number of hydrogen-bond acceptors (Lipinski definition) is 2. The third kappa shape index (κ3) is 2.53. The second-order valence-corrected chi connectivity index (χ2v) is 6.91. The number of carbonyl (C=O) groups excluding carboxylic acids is 1. The summed E-state index contributed by atoms with van der Waals surface area (Å²) in [6.07, 6.45) is 1.84. The molecule has 2 aromatic rings. The lowest BCUT2D eigenvalue weighted by Gasteiger charge is -2.36. The molecule has 3 rings (SSSR count). The lowest BCUT2D eigenvalue weighted by molar-refractivity contribution is -0.201. The average molecular weight is 319 g/mol. The Labute approximate surface area is 134 Å². The smallest absolute Gasteiger partial charge is 0.294 e. The van der Waals surface area contributed by atoms with Gasteiger partial charge in [-0.3, -0.25) is 9.63 Å². The molecule has 0 spiro atoms. The Morgan fingerprint density at radius 2 is 2.09 bits per heavy atom. The summed E-state index contributed by atoms with van der Waals surface area (Å²) in [4.78, 5) is 18.5. The minimum atomic E-state index is -0.432. The molecule has 1 aromatic heterocycles. The standard InChI is InChI=1S/C17H19ClN2O2/c1-5-13-10-19(22-17(2,3)4)16(21)15-9-11-8-12(18)6-7-14(11)20(13)15/h5-9,13H,1,10H2,2-4H3. The van der Waals surface area contributed by atoms with Crippen molar-refractivity contribution in [1.82, 2.24) is 9.63 Å². The molecule has 1 unspecified atom stereocenters. The highest BCUT2D eigenvalue weighted by molar-refractivity contribution is 6.31. The van der Waals surface area contributed by atoms with Gasteiger partial charge in [0.05, 0.1) is 18.2 Å². The van der Waals surface area contributed by atoms with Crippen LogP contribution in [0.15, 0.2) is 36.9 Å². The maximum atomic E-state index is 12.7. The monoisotopic (exact) mass is 318 g/mol. The molecule has 116 valence electrons. The first kappa shape index (κ1) is 15.1. The van der Waals surface area contributed by atoms with Crippen molar-refractivity contribution in [2.75, 3.05) is 6.54 Å². The van der Waals surface area contributed by atoms with E-state index in [2.05, 4.69) is 6.58 Å². The molecule has 0 fully saturated rings. The van der Waals surface area contributed by atoms with Gasteiger partial charge in [0.25, 0.3) is 5.91 Å². The average Bonchev–Trinajstić information content (AvgIpc) is 2.79. The Bertz CT molecular complexity index is 758. The van der Waals surface area contributed by atoms with Crippen LogP contribution in [0, 0.1) is 0 Å². The predicted octanol–water partition coefficient (Wildman–Crippen LogP) is 4.21. The van der Waals surface area contributed by atoms with Crippen LogP contribution in [0.3, 0.4) is 0 Å². The van der Waals surface area contributed by atoms with Crippen LogP contribution in [-0.4, -0.2) is 27.7 Å². The van der Waals surface area contributed by atoms with Gasteiger partial charge in [-0.1, -0.05) is 17.7 Å². The molecule has 1 aliphatic rings. The van der Waals surface area contributed by atoms with E-state index in [1.54, 1.807) is 0 Å². The zero-order valence-electron chi connectivity index (χ0n) is 13.0. The molecule has 1 atom stereocenters. The lowest BCUT2D eigenvalue weighted by Crippen LogP contribution is -2.45. The number of hydrogen-bond donors (Lipinski definition) is 0. The number of nitrogens with zero attached hydrogens (tertiary/aromatic N) is 2. The summed E-state index contributed by atoms with van der Waals surface area (Å²) in [5.74, 6) is -0.139. The SMILES string of the molecule is C=CC1CN(OC(C)(C)C)C(=O)c2cc3cc(Cl)ccc3n21. The molecule has 1 aromatic carbocycles. The molecular weight excluding hydrogens is 300 g/mol. The fourth-order valence-corrected chi connectivity index (χ4v) is 2.96. The van der Waals surface area contributed by atoms with Crippen molar-refractivity contribution in [3.63, 3.8) is 0 Å². The molecular formula is C17H19ClN2O2. The fourth-order valence-electron chi connectivity index (χ4n) is 2.78. The lowest BCUT2D eigenvalue weighted by atomic mass is 10.2. The van der Waals surface area contributed by atoms with E-state index in [0.29, 0.717) is 17.3 Å². The van der Waals surface area contributed by atoms with Crippen LogP contribution in [0.25, 0.3) is 10.9 Å². The molecule has 2 heterocycles.